The van der Waals surface area contributed by atoms with Gasteiger partial charge in [-0.25, -0.2) is 0 Å². The van der Waals surface area contributed by atoms with Crippen LogP contribution in [0.5, 0.6) is 5.75 Å². The van der Waals surface area contributed by atoms with Crippen molar-refractivity contribution < 1.29 is 9.84 Å². The first-order chi connectivity index (χ1) is 8.99. The van der Waals surface area contributed by atoms with E-state index >= 15 is 0 Å². The summed E-state index contributed by atoms with van der Waals surface area (Å²) in [4.78, 5) is 0. The zero-order valence-corrected chi connectivity index (χ0v) is 12.7. The molecule has 2 nitrogen and oxygen atoms in total. The van der Waals surface area contributed by atoms with Crippen LogP contribution < -0.4 is 4.74 Å². The molecule has 2 unspecified atom stereocenters. The van der Waals surface area contributed by atoms with Gasteiger partial charge in [0.05, 0.1) is 6.10 Å². The highest BCUT2D eigenvalue weighted by molar-refractivity contribution is 6.30. The quantitative estimate of drug-likeness (QED) is 0.864. The fourth-order valence-corrected chi connectivity index (χ4v) is 3.06. The van der Waals surface area contributed by atoms with Gasteiger partial charge in [-0.2, -0.15) is 0 Å². The first kappa shape index (κ1) is 14.7. The van der Waals surface area contributed by atoms with Gasteiger partial charge >= 0.3 is 0 Å². The van der Waals surface area contributed by atoms with Crippen molar-refractivity contribution in [1.29, 1.82) is 0 Å². The van der Waals surface area contributed by atoms with Crippen LogP contribution in [0.3, 0.4) is 0 Å². The largest absolute Gasteiger partial charge is 0.487 e. The van der Waals surface area contributed by atoms with E-state index in [-0.39, 0.29) is 5.60 Å². The average molecular weight is 283 g/mol. The van der Waals surface area contributed by atoms with Gasteiger partial charge in [0.2, 0.25) is 0 Å². The van der Waals surface area contributed by atoms with Gasteiger partial charge in [-0.05, 0) is 37.0 Å². The highest BCUT2D eigenvalue weighted by Crippen LogP contribution is 2.44. The number of aliphatic hydroxyl groups is 1. The van der Waals surface area contributed by atoms with Gasteiger partial charge in [0.15, 0.2) is 0 Å². The first-order valence-electron chi connectivity index (χ1n) is 7.16. The molecule has 1 aliphatic heterocycles. The first-order valence-corrected chi connectivity index (χ1v) is 7.54. The van der Waals surface area contributed by atoms with Crippen molar-refractivity contribution in [3.8, 4) is 5.75 Å². The topological polar surface area (TPSA) is 29.5 Å². The number of fused-ring (bicyclic) bond motifs is 1. The van der Waals surface area contributed by atoms with Crippen LogP contribution in [-0.4, -0.2) is 10.7 Å². The summed E-state index contributed by atoms with van der Waals surface area (Å²) in [5.41, 5.74) is 0.580. The fourth-order valence-electron chi connectivity index (χ4n) is 2.88. The zero-order valence-electron chi connectivity index (χ0n) is 11.9. The molecule has 0 aromatic heterocycles. The average Bonchev–Trinajstić information content (AvgIpc) is 2.39. The summed E-state index contributed by atoms with van der Waals surface area (Å²) >= 11 is 5.99. The molecule has 0 saturated carbocycles. The van der Waals surface area contributed by atoms with E-state index in [0.29, 0.717) is 17.4 Å². The second-order valence-electron chi connectivity index (χ2n) is 5.76. The third kappa shape index (κ3) is 3.06. The summed E-state index contributed by atoms with van der Waals surface area (Å²) < 4.78 is 6.25. The molecule has 0 fully saturated rings. The number of rotatable bonds is 4. The molecular formula is C16H23ClO2. The second kappa shape index (κ2) is 5.72. The monoisotopic (exact) mass is 282 g/mol. The lowest BCUT2D eigenvalue weighted by atomic mass is 9.80. The minimum absolute atomic E-state index is 0.240. The Kier molecular flexibility index (Phi) is 4.42. The summed E-state index contributed by atoms with van der Waals surface area (Å²) in [5.74, 6) is 1.38. The van der Waals surface area contributed by atoms with Crippen LogP contribution in [0.15, 0.2) is 18.2 Å². The van der Waals surface area contributed by atoms with Crippen LogP contribution >= 0.6 is 11.6 Å². The molecule has 1 heterocycles. The van der Waals surface area contributed by atoms with Gasteiger partial charge in [-0.3, -0.25) is 0 Å². The molecule has 19 heavy (non-hydrogen) atoms. The summed E-state index contributed by atoms with van der Waals surface area (Å²) in [5, 5.41) is 11.0. The molecule has 0 aliphatic carbocycles. The Morgan fingerprint density at radius 1 is 1.47 bits per heavy atom. The maximum absolute atomic E-state index is 10.4. The normalized spacial score (nSPS) is 27.5. The number of hydrogen-bond acceptors (Lipinski definition) is 2. The predicted octanol–water partition coefficient (Wildman–Crippen LogP) is 4.74. The van der Waals surface area contributed by atoms with E-state index in [9.17, 15) is 5.11 Å². The second-order valence-corrected chi connectivity index (χ2v) is 6.19. The van der Waals surface area contributed by atoms with Gasteiger partial charge in [0, 0.05) is 17.0 Å². The third-order valence-electron chi connectivity index (χ3n) is 4.28. The molecule has 3 heteroatoms. The van der Waals surface area contributed by atoms with Crippen molar-refractivity contribution >= 4 is 11.6 Å². The van der Waals surface area contributed by atoms with E-state index in [2.05, 4.69) is 20.8 Å². The minimum atomic E-state index is -0.480. The number of benzene rings is 1. The molecule has 106 valence electrons. The van der Waals surface area contributed by atoms with Gasteiger partial charge in [-0.1, -0.05) is 38.8 Å². The molecule has 0 saturated heterocycles. The molecule has 0 bridgehead atoms. The van der Waals surface area contributed by atoms with Gasteiger partial charge in [0.1, 0.15) is 11.4 Å². The maximum Gasteiger partial charge on any atom is 0.126 e. The Labute approximate surface area is 120 Å². The summed E-state index contributed by atoms with van der Waals surface area (Å²) in [7, 11) is 0. The smallest absolute Gasteiger partial charge is 0.126 e. The Morgan fingerprint density at radius 3 is 2.84 bits per heavy atom. The Bertz CT molecular complexity index is 446. The molecular weight excluding hydrogens is 260 g/mol. The molecule has 3 atom stereocenters. The molecule has 1 N–H and O–H groups in total. The van der Waals surface area contributed by atoms with Crippen molar-refractivity contribution in [1.82, 2.24) is 0 Å². The van der Waals surface area contributed by atoms with Crippen LogP contribution in [-0.2, 0) is 0 Å². The van der Waals surface area contributed by atoms with E-state index in [1.165, 1.54) is 0 Å². The van der Waals surface area contributed by atoms with E-state index in [4.69, 9.17) is 16.3 Å². The zero-order chi connectivity index (χ0) is 14.0. The molecule has 1 aromatic rings. The minimum Gasteiger partial charge on any atom is -0.487 e. The van der Waals surface area contributed by atoms with E-state index in [0.717, 1.165) is 30.6 Å². The van der Waals surface area contributed by atoms with Crippen LogP contribution in [0, 0.1) is 5.92 Å². The Balaban J connectivity index is 2.29. The third-order valence-corrected chi connectivity index (χ3v) is 4.52. The number of aliphatic hydroxyl groups excluding tert-OH is 1. The van der Waals surface area contributed by atoms with Crippen LogP contribution in [0.1, 0.15) is 58.1 Å². The van der Waals surface area contributed by atoms with Crippen molar-refractivity contribution in [2.75, 3.05) is 0 Å². The van der Waals surface area contributed by atoms with E-state index in [1.54, 1.807) is 0 Å². The summed E-state index contributed by atoms with van der Waals surface area (Å²) in [6.45, 7) is 6.57. The van der Waals surface area contributed by atoms with E-state index in [1.807, 2.05) is 18.2 Å². The predicted molar refractivity (Wildman–Crippen MR) is 78.8 cm³/mol. The number of hydrogen-bond donors (Lipinski definition) is 1. The van der Waals surface area contributed by atoms with E-state index < -0.39 is 6.10 Å². The van der Waals surface area contributed by atoms with Crippen molar-refractivity contribution in [2.45, 2.75) is 58.2 Å². The number of halogens is 1. The molecule has 0 radical (unpaired) electrons. The molecule has 1 aliphatic rings. The lowest BCUT2D eigenvalue weighted by Gasteiger charge is -2.42. The standard InChI is InChI=1S/C16H23ClO2/c1-4-11(3)9-16(5-2)10-14(18)13-8-12(17)6-7-15(13)19-16/h6-8,11,14,18H,4-5,9-10H2,1-3H3/t11?,14-,16?/m0/s1. The van der Waals surface area contributed by atoms with Gasteiger partial charge in [-0.15, -0.1) is 0 Å². The Hall–Kier alpha value is -0.730. The highest BCUT2D eigenvalue weighted by atomic mass is 35.5. The van der Waals surface area contributed by atoms with Crippen LogP contribution in [0.25, 0.3) is 0 Å². The summed E-state index contributed by atoms with van der Waals surface area (Å²) in [6.07, 6.45) is 3.21. The van der Waals surface area contributed by atoms with Gasteiger partial charge in [0.25, 0.3) is 0 Å². The van der Waals surface area contributed by atoms with Crippen LogP contribution in [0.4, 0.5) is 0 Å². The van der Waals surface area contributed by atoms with Crippen LogP contribution in [0.2, 0.25) is 5.02 Å². The lowest BCUT2D eigenvalue weighted by Crippen LogP contribution is -2.42. The molecule has 1 aromatic carbocycles. The summed E-state index contributed by atoms with van der Waals surface area (Å²) in [6, 6.07) is 5.51. The van der Waals surface area contributed by atoms with Crippen molar-refractivity contribution in [2.24, 2.45) is 5.92 Å². The molecule has 0 spiro atoms. The molecule has 2 rings (SSSR count). The van der Waals surface area contributed by atoms with Crippen molar-refractivity contribution in [3.05, 3.63) is 28.8 Å². The fraction of sp³-hybridized carbons (Fsp3) is 0.625. The Morgan fingerprint density at radius 2 is 2.21 bits per heavy atom. The highest BCUT2D eigenvalue weighted by Gasteiger charge is 2.39. The number of ether oxygens (including phenoxy) is 1. The molecule has 0 amide bonds. The maximum atomic E-state index is 10.4. The van der Waals surface area contributed by atoms with Crippen molar-refractivity contribution in [3.63, 3.8) is 0 Å². The lowest BCUT2D eigenvalue weighted by molar-refractivity contribution is -0.0318. The van der Waals surface area contributed by atoms with Gasteiger partial charge < -0.3 is 9.84 Å². The SMILES string of the molecule is CCC(C)CC1(CC)C[C@H](O)c2cc(Cl)ccc2O1.